The molecular weight excluding hydrogens is 216 g/mol. The molecule has 0 saturated carbocycles. The summed E-state index contributed by atoms with van der Waals surface area (Å²) in [5.74, 6) is -1.21. The van der Waals surface area contributed by atoms with Crippen LogP contribution in [0, 0.1) is 0 Å². The van der Waals surface area contributed by atoms with Gasteiger partial charge < -0.3 is 10.6 Å². The molecule has 0 bridgehead atoms. The molecule has 0 unspecified atom stereocenters. The fourth-order valence-corrected chi connectivity index (χ4v) is 1.76. The Morgan fingerprint density at radius 3 is 2.41 bits per heavy atom. The van der Waals surface area contributed by atoms with Crippen molar-refractivity contribution in [2.75, 3.05) is 7.05 Å². The molecule has 0 aliphatic heterocycles. The maximum atomic E-state index is 11.4. The summed E-state index contributed by atoms with van der Waals surface area (Å²) in [5.41, 5.74) is 7.18. The van der Waals surface area contributed by atoms with E-state index >= 15 is 0 Å². The third-order valence-corrected chi connectivity index (χ3v) is 2.64. The summed E-state index contributed by atoms with van der Waals surface area (Å²) in [7, 11) is 1.57. The Balaban J connectivity index is 2.88. The highest BCUT2D eigenvalue weighted by atomic mass is 16.2. The summed E-state index contributed by atoms with van der Waals surface area (Å²) in [6.07, 6.45) is 0. The summed E-state index contributed by atoms with van der Waals surface area (Å²) in [5, 5.41) is 0. The van der Waals surface area contributed by atoms with Gasteiger partial charge in [0, 0.05) is 13.6 Å². The molecule has 0 heterocycles. The molecule has 92 valence electrons. The molecule has 17 heavy (non-hydrogen) atoms. The van der Waals surface area contributed by atoms with Gasteiger partial charge >= 0.3 is 11.8 Å². The first-order valence-electron chi connectivity index (χ1n) is 5.56. The number of benzene rings is 1. The van der Waals surface area contributed by atoms with E-state index in [1.165, 1.54) is 10.5 Å². The largest absolute Gasteiger partial charge is 0.361 e. The van der Waals surface area contributed by atoms with Gasteiger partial charge in [0.1, 0.15) is 0 Å². The van der Waals surface area contributed by atoms with E-state index in [0.717, 1.165) is 5.56 Å². The van der Waals surface area contributed by atoms with E-state index < -0.39 is 11.8 Å². The van der Waals surface area contributed by atoms with Crippen molar-refractivity contribution in [3.63, 3.8) is 0 Å². The lowest BCUT2D eigenvalue weighted by Crippen LogP contribution is -2.37. The second-order valence-electron chi connectivity index (χ2n) is 4.38. The zero-order valence-electron chi connectivity index (χ0n) is 10.4. The molecule has 0 radical (unpaired) electrons. The van der Waals surface area contributed by atoms with Gasteiger partial charge in [-0.15, -0.1) is 0 Å². The summed E-state index contributed by atoms with van der Waals surface area (Å²) in [4.78, 5) is 23.5. The second kappa shape index (κ2) is 5.48. The van der Waals surface area contributed by atoms with E-state index in [0.29, 0.717) is 12.5 Å². The number of hydrogen-bond donors (Lipinski definition) is 1. The Hall–Kier alpha value is -1.84. The molecule has 1 aromatic rings. The zero-order valence-corrected chi connectivity index (χ0v) is 10.4. The Morgan fingerprint density at radius 2 is 1.88 bits per heavy atom. The Bertz CT molecular complexity index is 427. The van der Waals surface area contributed by atoms with Crippen molar-refractivity contribution in [2.24, 2.45) is 5.73 Å². The van der Waals surface area contributed by atoms with Crippen LogP contribution in [-0.4, -0.2) is 23.8 Å². The first-order valence-corrected chi connectivity index (χ1v) is 5.56. The predicted octanol–water partition coefficient (Wildman–Crippen LogP) is 1.25. The van der Waals surface area contributed by atoms with E-state index in [2.05, 4.69) is 13.8 Å². The normalized spacial score (nSPS) is 10.4. The van der Waals surface area contributed by atoms with Crippen molar-refractivity contribution < 1.29 is 9.59 Å². The van der Waals surface area contributed by atoms with Crippen LogP contribution < -0.4 is 5.73 Å². The average molecular weight is 234 g/mol. The monoisotopic (exact) mass is 234 g/mol. The first-order chi connectivity index (χ1) is 7.93. The summed E-state index contributed by atoms with van der Waals surface area (Å²) in [6.45, 7) is 4.58. The minimum absolute atomic E-state index is 0.378. The van der Waals surface area contributed by atoms with Gasteiger partial charge in [0.15, 0.2) is 0 Å². The lowest BCUT2D eigenvalue weighted by Gasteiger charge is -2.19. The molecule has 4 nitrogen and oxygen atoms in total. The van der Waals surface area contributed by atoms with Gasteiger partial charge in [0.25, 0.3) is 0 Å². The highest BCUT2D eigenvalue weighted by Gasteiger charge is 2.16. The van der Waals surface area contributed by atoms with E-state index in [9.17, 15) is 9.59 Å². The number of carbonyl (C=O) groups excluding carboxylic acids is 2. The standard InChI is InChI=1S/C13H18N2O2/c1-9(2)11-7-5-4-6-10(11)8-15(3)13(17)12(14)16/h4-7,9H,8H2,1-3H3,(H2,14,16). The minimum Gasteiger partial charge on any atom is -0.361 e. The number of rotatable bonds is 3. The Labute approximate surface area is 101 Å². The van der Waals surface area contributed by atoms with Gasteiger partial charge in [-0.2, -0.15) is 0 Å². The molecule has 1 rings (SSSR count). The molecule has 2 N–H and O–H groups in total. The third-order valence-electron chi connectivity index (χ3n) is 2.64. The van der Waals surface area contributed by atoms with Crippen molar-refractivity contribution >= 4 is 11.8 Å². The average Bonchev–Trinajstić information content (AvgIpc) is 2.28. The number of primary amides is 1. The second-order valence-corrected chi connectivity index (χ2v) is 4.38. The van der Waals surface area contributed by atoms with Crippen molar-refractivity contribution in [1.29, 1.82) is 0 Å². The molecule has 0 fully saturated rings. The number of nitrogens with zero attached hydrogens (tertiary/aromatic N) is 1. The molecular formula is C13H18N2O2. The lowest BCUT2D eigenvalue weighted by molar-refractivity contribution is -0.143. The molecule has 2 amide bonds. The van der Waals surface area contributed by atoms with E-state index in [1.807, 2.05) is 24.3 Å². The highest BCUT2D eigenvalue weighted by Crippen LogP contribution is 2.20. The van der Waals surface area contributed by atoms with Crippen LogP contribution in [-0.2, 0) is 16.1 Å². The number of carbonyl (C=O) groups is 2. The molecule has 0 spiro atoms. The van der Waals surface area contributed by atoms with Gasteiger partial charge in [-0.3, -0.25) is 9.59 Å². The van der Waals surface area contributed by atoms with Gasteiger partial charge in [-0.05, 0) is 17.0 Å². The smallest absolute Gasteiger partial charge is 0.311 e. The molecule has 0 aliphatic rings. The van der Waals surface area contributed by atoms with E-state index in [1.54, 1.807) is 7.05 Å². The van der Waals surface area contributed by atoms with Crippen LogP contribution in [0.2, 0.25) is 0 Å². The Morgan fingerprint density at radius 1 is 1.29 bits per heavy atom. The topological polar surface area (TPSA) is 63.4 Å². The van der Waals surface area contributed by atoms with Crippen LogP contribution in [0.25, 0.3) is 0 Å². The van der Waals surface area contributed by atoms with Crippen molar-refractivity contribution in [3.8, 4) is 0 Å². The first kappa shape index (κ1) is 13.2. The number of hydrogen-bond acceptors (Lipinski definition) is 2. The quantitative estimate of drug-likeness (QED) is 0.800. The van der Waals surface area contributed by atoms with Crippen LogP contribution in [0.15, 0.2) is 24.3 Å². The predicted molar refractivity (Wildman–Crippen MR) is 66.2 cm³/mol. The van der Waals surface area contributed by atoms with Crippen LogP contribution in [0.5, 0.6) is 0 Å². The lowest BCUT2D eigenvalue weighted by atomic mass is 9.97. The molecule has 4 heteroatoms. The number of nitrogens with two attached hydrogens (primary N) is 1. The maximum absolute atomic E-state index is 11.4. The van der Waals surface area contributed by atoms with Crippen LogP contribution in [0.3, 0.4) is 0 Å². The van der Waals surface area contributed by atoms with E-state index in [-0.39, 0.29) is 0 Å². The molecule has 0 aromatic heterocycles. The van der Waals surface area contributed by atoms with Crippen LogP contribution in [0.4, 0.5) is 0 Å². The highest BCUT2D eigenvalue weighted by molar-refractivity contribution is 6.34. The van der Waals surface area contributed by atoms with Crippen molar-refractivity contribution in [2.45, 2.75) is 26.3 Å². The zero-order chi connectivity index (χ0) is 13.0. The van der Waals surface area contributed by atoms with Crippen molar-refractivity contribution in [1.82, 2.24) is 4.90 Å². The SMILES string of the molecule is CC(C)c1ccccc1CN(C)C(=O)C(N)=O. The Kier molecular flexibility index (Phi) is 4.26. The van der Waals surface area contributed by atoms with Gasteiger partial charge in [0.05, 0.1) is 0 Å². The molecule has 1 aromatic carbocycles. The van der Waals surface area contributed by atoms with Crippen LogP contribution in [0.1, 0.15) is 30.9 Å². The minimum atomic E-state index is -0.922. The van der Waals surface area contributed by atoms with Gasteiger partial charge in [-0.1, -0.05) is 38.1 Å². The summed E-state index contributed by atoms with van der Waals surface area (Å²) < 4.78 is 0. The maximum Gasteiger partial charge on any atom is 0.311 e. The fourth-order valence-electron chi connectivity index (χ4n) is 1.76. The molecule has 0 saturated heterocycles. The van der Waals surface area contributed by atoms with Crippen molar-refractivity contribution in [3.05, 3.63) is 35.4 Å². The number of likely N-dealkylation sites (N-methyl/N-ethyl adjacent to an activating group) is 1. The fraction of sp³-hybridized carbons (Fsp3) is 0.385. The molecule has 0 aliphatic carbocycles. The molecule has 0 atom stereocenters. The van der Waals surface area contributed by atoms with Gasteiger partial charge in [-0.25, -0.2) is 0 Å². The summed E-state index contributed by atoms with van der Waals surface area (Å²) >= 11 is 0. The van der Waals surface area contributed by atoms with E-state index in [4.69, 9.17) is 5.73 Å². The summed E-state index contributed by atoms with van der Waals surface area (Å²) in [6, 6.07) is 7.88. The number of amides is 2. The van der Waals surface area contributed by atoms with Crippen LogP contribution >= 0.6 is 0 Å². The third kappa shape index (κ3) is 3.31. The van der Waals surface area contributed by atoms with Gasteiger partial charge in [0.2, 0.25) is 0 Å².